The summed E-state index contributed by atoms with van der Waals surface area (Å²) in [7, 11) is -2.65. The first kappa shape index (κ1) is 13.7. The molecule has 0 saturated carbocycles. The Kier molecular flexibility index (Phi) is 4.14. The Labute approximate surface area is 95.9 Å². The lowest BCUT2D eigenvalue weighted by Gasteiger charge is -2.14. The summed E-state index contributed by atoms with van der Waals surface area (Å²) in [5.74, 6) is 0. The summed E-state index contributed by atoms with van der Waals surface area (Å²) >= 11 is 0. The van der Waals surface area contributed by atoms with Gasteiger partial charge in [-0.2, -0.15) is 0 Å². The van der Waals surface area contributed by atoms with Gasteiger partial charge in [0.15, 0.2) is 0 Å². The van der Waals surface area contributed by atoms with E-state index in [1.165, 1.54) is 14.2 Å². The van der Waals surface area contributed by atoms with E-state index in [-0.39, 0.29) is 0 Å². The molecule has 1 rings (SSSR count). The Morgan fingerprint density at radius 3 is 1.25 bits per heavy atom. The van der Waals surface area contributed by atoms with Gasteiger partial charge in [0, 0.05) is 38.2 Å². The van der Waals surface area contributed by atoms with E-state index in [9.17, 15) is 9.13 Å². The highest BCUT2D eigenvalue weighted by molar-refractivity contribution is 7.67. The molecule has 0 saturated heterocycles. The van der Waals surface area contributed by atoms with Gasteiger partial charge in [0.05, 0.1) is 0 Å². The predicted molar refractivity (Wildman–Crippen MR) is 66.8 cm³/mol. The van der Waals surface area contributed by atoms with Gasteiger partial charge in [0.25, 0.3) is 0 Å². The molecule has 0 aliphatic rings. The van der Waals surface area contributed by atoms with E-state index >= 15 is 0 Å². The summed E-state index contributed by atoms with van der Waals surface area (Å²) < 4.78 is 33.6. The van der Waals surface area contributed by atoms with Gasteiger partial charge in [-0.15, -0.1) is 0 Å². The van der Waals surface area contributed by atoms with Gasteiger partial charge in [0.2, 0.25) is 14.7 Å². The summed E-state index contributed by atoms with van der Waals surface area (Å²) in [4.78, 5) is 0. The summed E-state index contributed by atoms with van der Waals surface area (Å²) in [6.45, 7) is 3.09. The Bertz CT molecular complexity index is 409. The van der Waals surface area contributed by atoms with Crippen LogP contribution in [0, 0.1) is 0 Å². The van der Waals surface area contributed by atoms with Crippen molar-refractivity contribution in [2.45, 2.75) is 0 Å². The van der Waals surface area contributed by atoms with E-state index in [0.717, 1.165) is 0 Å². The molecule has 0 fully saturated rings. The normalized spacial score (nSPS) is 18.8. The maximum absolute atomic E-state index is 11.9. The van der Waals surface area contributed by atoms with Crippen molar-refractivity contribution in [2.24, 2.45) is 0 Å². The molecule has 90 valence electrons. The monoisotopic (exact) mass is 262 g/mol. The van der Waals surface area contributed by atoms with Crippen LogP contribution in [0.4, 0.5) is 0 Å². The highest BCUT2D eigenvalue weighted by Gasteiger charge is 2.20. The molecule has 0 N–H and O–H groups in total. The van der Waals surface area contributed by atoms with Crippen LogP contribution in [0.5, 0.6) is 0 Å². The fourth-order valence-electron chi connectivity index (χ4n) is 1.21. The second kappa shape index (κ2) is 4.85. The van der Waals surface area contributed by atoms with E-state index in [1.807, 2.05) is 0 Å². The SMILES string of the molecule is COP(C)(=O)c1ccc(P(C)(=O)OC)cc1. The van der Waals surface area contributed by atoms with Gasteiger partial charge < -0.3 is 9.05 Å². The Balaban J connectivity index is 3.10. The summed E-state index contributed by atoms with van der Waals surface area (Å²) in [6, 6.07) is 6.65. The lowest BCUT2D eigenvalue weighted by atomic mass is 10.4. The molecule has 0 aliphatic carbocycles. The number of benzene rings is 1. The zero-order valence-electron chi connectivity index (χ0n) is 9.84. The molecule has 0 amide bonds. The predicted octanol–water partition coefficient (Wildman–Crippen LogP) is 2.05. The molecule has 16 heavy (non-hydrogen) atoms. The van der Waals surface area contributed by atoms with E-state index < -0.39 is 14.7 Å². The average molecular weight is 262 g/mol. The van der Waals surface area contributed by atoms with Crippen LogP contribution in [0.2, 0.25) is 0 Å². The van der Waals surface area contributed by atoms with E-state index in [0.29, 0.717) is 10.6 Å². The van der Waals surface area contributed by atoms with Crippen LogP contribution in [0.25, 0.3) is 0 Å². The quantitative estimate of drug-likeness (QED) is 0.779. The zero-order chi connectivity index (χ0) is 12.4. The third-order valence-corrected chi connectivity index (χ3v) is 6.35. The Morgan fingerprint density at radius 2 is 1.06 bits per heavy atom. The fraction of sp³-hybridized carbons (Fsp3) is 0.400. The third kappa shape index (κ3) is 2.83. The molecule has 0 aliphatic heterocycles. The molecule has 4 nitrogen and oxygen atoms in total. The standard InChI is InChI=1S/C10H16O4P2/c1-13-15(3,11)9-5-7-10(8-6-9)16(4,12)14-2/h5-8H,1-4H3. The third-order valence-electron chi connectivity index (χ3n) is 2.48. The van der Waals surface area contributed by atoms with Gasteiger partial charge in [-0.25, -0.2) is 0 Å². The second-order valence-electron chi connectivity index (χ2n) is 3.57. The topological polar surface area (TPSA) is 52.6 Å². The first-order chi connectivity index (χ1) is 7.33. The molecular weight excluding hydrogens is 246 g/mol. The van der Waals surface area contributed by atoms with Gasteiger partial charge in [-0.3, -0.25) is 9.13 Å². The van der Waals surface area contributed by atoms with Gasteiger partial charge >= 0.3 is 0 Å². The van der Waals surface area contributed by atoms with Crippen molar-refractivity contribution in [3.8, 4) is 0 Å². The van der Waals surface area contributed by atoms with Crippen molar-refractivity contribution in [3.63, 3.8) is 0 Å². The van der Waals surface area contributed by atoms with Crippen LogP contribution in [-0.4, -0.2) is 27.5 Å². The largest absolute Gasteiger partial charge is 0.329 e. The van der Waals surface area contributed by atoms with Crippen molar-refractivity contribution in [1.29, 1.82) is 0 Å². The number of rotatable bonds is 4. The second-order valence-corrected chi connectivity index (χ2v) is 8.72. The average Bonchev–Trinajstić information content (AvgIpc) is 2.29. The van der Waals surface area contributed by atoms with Crippen molar-refractivity contribution < 1.29 is 18.2 Å². The zero-order valence-corrected chi connectivity index (χ0v) is 11.6. The summed E-state index contributed by atoms with van der Waals surface area (Å²) in [5, 5.41) is 1.21. The highest BCUT2D eigenvalue weighted by Crippen LogP contribution is 2.42. The molecule has 1 aromatic carbocycles. The maximum atomic E-state index is 11.9. The summed E-state index contributed by atoms with van der Waals surface area (Å²) in [6.07, 6.45) is 0. The van der Waals surface area contributed by atoms with Crippen LogP contribution in [0.15, 0.2) is 24.3 Å². The minimum Gasteiger partial charge on any atom is -0.329 e. The van der Waals surface area contributed by atoms with Crippen molar-refractivity contribution >= 4 is 25.3 Å². The minimum absolute atomic E-state index is 0.606. The van der Waals surface area contributed by atoms with E-state index in [1.54, 1.807) is 37.6 Å². The fourth-order valence-corrected chi connectivity index (χ4v) is 3.01. The molecule has 0 heterocycles. The van der Waals surface area contributed by atoms with Gasteiger partial charge in [-0.1, -0.05) is 0 Å². The molecule has 0 radical (unpaired) electrons. The van der Waals surface area contributed by atoms with Gasteiger partial charge in [0.1, 0.15) is 0 Å². The number of hydrogen-bond acceptors (Lipinski definition) is 4. The lowest BCUT2D eigenvalue weighted by Crippen LogP contribution is -2.11. The molecule has 0 spiro atoms. The molecule has 6 heteroatoms. The van der Waals surface area contributed by atoms with Crippen LogP contribution in [-0.2, 0) is 18.2 Å². The molecule has 1 aromatic rings. The maximum Gasteiger partial charge on any atom is 0.228 e. The van der Waals surface area contributed by atoms with Gasteiger partial charge in [-0.05, 0) is 24.3 Å². The summed E-state index contributed by atoms with van der Waals surface area (Å²) in [5.41, 5.74) is 0. The van der Waals surface area contributed by atoms with Crippen LogP contribution < -0.4 is 10.6 Å². The molecule has 0 aromatic heterocycles. The molecule has 0 bridgehead atoms. The first-order valence-corrected chi connectivity index (χ1v) is 8.85. The van der Waals surface area contributed by atoms with E-state index in [4.69, 9.17) is 9.05 Å². The molecule has 2 atom stereocenters. The van der Waals surface area contributed by atoms with Crippen molar-refractivity contribution in [2.75, 3.05) is 27.5 Å². The smallest absolute Gasteiger partial charge is 0.228 e. The Hall–Kier alpha value is -0.400. The van der Waals surface area contributed by atoms with Crippen LogP contribution in [0.3, 0.4) is 0 Å². The van der Waals surface area contributed by atoms with E-state index in [2.05, 4.69) is 0 Å². The highest BCUT2D eigenvalue weighted by atomic mass is 31.2. The minimum atomic E-state index is -2.74. The number of hydrogen-bond donors (Lipinski definition) is 0. The van der Waals surface area contributed by atoms with Crippen LogP contribution in [0.1, 0.15) is 0 Å². The molecule has 2 unspecified atom stereocenters. The van der Waals surface area contributed by atoms with Crippen molar-refractivity contribution in [1.82, 2.24) is 0 Å². The Morgan fingerprint density at radius 1 is 0.812 bits per heavy atom. The van der Waals surface area contributed by atoms with Crippen LogP contribution >= 0.6 is 14.7 Å². The van der Waals surface area contributed by atoms with Crippen molar-refractivity contribution in [3.05, 3.63) is 24.3 Å². The first-order valence-electron chi connectivity index (χ1n) is 4.71. The molecular formula is C10H16O4P2. The lowest BCUT2D eigenvalue weighted by molar-refractivity contribution is 0.407.